The number of ether oxygens (including phenoxy) is 2. The van der Waals surface area contributed by atoms with Crippen molar-refractivity contribution in [3.63, 3.8) is 0 Å². The van der Waals surface area contributed by atoms with Gasteiger partial charge in [0, 0.05) is 16.8 Å². The third kappa shape index (κ3) is 3.68. The van der Waals surface area contributed by atoms with Crippen LogP contribution in [0.5, 0.6) is 11.5 Å². The summed E-state index contributed by atoms with van der Waals surface area (Å²) >= 11 is 6.27. The van der Waals surface area contributed by atoms with Gasteiger partial charge in [-0.25, -0.2) is 4.98 Å². The summed E-state index contributed by atoms with van der Waals surface area (Å²) in [6, 6.07) is 14.7. The number of aromatic nitrogens is 5. The first-order chi connectivity index (χ1) is 16.0. The largest absolute Gasteiger partial charge is 0.493 e. The van der Waals surface area contributed by atoms with E-state index in [2.05, 4.69) is 15.1 Å². The summed E-state index contributed by atoms with van der Waals surface area (Å²) in [5.74, 6) is 2.21. The summed E-state index contributed by atoms with van der Waals surface area (Å²) in [4.78, 5) is 22.7. The lowest BCUT2D eigenvalue weighted by molar-refractivity contribution is 0.354. The van der Waals surface area contributed by atoms with Gasteiger partial charge in [0.2, 0.25) is 0 Å². The maximum absolute atomic E-state index is 13.7. The van der Waals surface area contributed by atoms with Gasteiger partial charge in [0.15, 0.2) is 11.5 Å². The number of pyridine rings is 1. The van der Waals surface area contributed by atoms with Crippen LogP contribution in [-0.2, 0) is 6.54 Å². The lowest BCUT2D eigenvalue weighted by Crippen LogP contribution is -2.22. The van der Waals surface area contributed by atoms with Gasteiger partial charge < -0.3 is 14.0 Å². The molecule has 0 aliphatic carbocycles. The van der Waals surface area contributed by atoms with E-state index in [1.807, 2.05) is 36.4 Å². The highest BCUT2D eigenvalue weighted by Crippen LogP contribution is 2.29. The fourth-order valence-corrected chi connectivity index (χ4v) is 4.11. The summed E-state index contributed by atoms with van der Waals surface area (Å²) in [7, 11) is 3.17. The molecule has 8 nitrogen and oxygen atoms in total. The van der Waals surface area contributed by atoms with Crippen molar-refractivity contribution in [2.24, 2.45) is 0 Å². The fraction of sp³-hybridized carbons (Fsp3) is 0.167. The Bertz CT molecular complexity index is 1570. The molecule has 0 unspecified atom stereocenters. The van der Waals surface area contributed by atoms with Gasteiger partial charge in [-0.2, -0.15) is 9.50 Å². The Labute approximate surface area is 194 Å². The first-order valence-corrected chi connectivity index (χ1v) is 10.6. The number of fused-ring (bicyclic) bond motifs is 2. The van der Waals surface area contributed by atoms with Crippen LogP contribution in [0.4, 0.5) is 0 Å². The number of hydrogen-bond acceptors (Lipinski definition) is 6. The van der Waals surface area contributed by atoms with Crippen LogP contribution in [0, 0.1) is 6.92 Å². The molecule has 9 heteroatoms. The highest BCUT2D eigenvalue weighted by Gasteiger charge is 2.18. The standard InChI is InChI=1S/C24H20ClN5O3/c1-14-26-24-27-18-9-10-29(13-15-7-8-19(32-2)20(11-15)33-3)23(31)21(18)22(30(24)28-14)16-5-4-6-17(25)12-16/h4-12H,13H2,1-3H3. The van der Waals surface area contributed by atoms with E-state index in [0.717, 1.165) is 11.1 Å². The highest BCUT2D eigenvalue weighted by molar-refractivity contribution is 6.30. The molecule has 5 aromatic rings. The van der Waals surface area contributed by atoms with Crippen molar-refractivity contribution < 1.29 is 9.47 Å². The van der Waals surface area contributed by atoms with Gasteiger partial charge in [0.1, 0.15) is 5.82 Å². The lowest BCUT2D eigenvalue weighted by atomic mass is 10.1. The highest BCUT2D eigenvalue weighted by atomic mass is 35.5. The molecular weight excluding hydrogens is 442 g/mol. The summed E-state index contributed by atoms with van der Waals surface area (Å²) in [5, 5.41) is 5.49. The van der Waals surface area contributed by atoms with Crippen molar-refractivity contribution >= 4 is 28.3 Å². The molecule has 0 spiro atoms. The summed E-state index contributed by atoms with van der Waals surface area (Å²) in [5.41, 5.74) is 2.60. The molecule has 0 amide bonds. The monoisotopic (exact) mass is 461 g/mol. The van der Waals surface area contributed by atoms with Gasteiger partial charge in [-0.3, -0.25) is 4.79 Å². The van der Waals surface area contributed by atoms with Crippen LogP contribution in [0.2, 0.25) is 5.02 Å². The van der Waals surface area contributed by atoms with Crippen molar-refractivity contribution in [2.75, 3.05) is 14.2 Å². The number of halogens is 1. The molecular formula is C24H20ClN5O3. The number of hydrogen-bond donors (Lipinski definition) is 0. The second-order valence-corrected chi connectivity index (χ2v) is 7.98. The van der Waals surface area contributed by atoms with Gasteiger partial charge in [0.25, 0.3) is 11.3 Å². The summed E-state index contributed by atoms with van der Waals surface area (Å²) in [6.07, 6.45) is 1.73. The first kappa shape index (κ1) is 21.0. The summed E-state index contributed by atoms with van der Waals surface area (Å²) in [6.45, 7) is 2.13. The van der Waals surface area contributed by atoms with E-state index in [1.54, 1.807) is 48.6 Å². The summed E-state index contributed by atoms with van der Waals surface area (Å²) < 4.78 is 13.9. The Morgan fingerprint density at radius 2 is 1.82 bits per heavy atom. The Hall–Kier alpha value is -3.91. The second kappa shape index (κ2) is 8.22. The first-order valence-electron chi connectivity index (χ1n) is 10.2. The molecule has 0 saturated heterocycles. The van der Waals surface area contributed by atoms with E-state index in [0.29, 0.717) is 51.3 Å². The topological polar surface area (TPSA) is 83.5 Å². The molecule has 0 atom stereocenters. The third-order valence-electron chi connectivity index (χ3n) is 5.41. The molecule has 0 radical (unpaired) electrons. The minimum absolute atomic E-state index is 0.195. The Balaban J connectivity index is 1.74. The van der Waals surface area contributed by atoms with Crippen LogP contribution in [0.15, 0.2) is 59.5 Å². The van der Waals surface area contributed by atoms with Gasteiger partial charge in [-0.05, 0) is 42.8 Å². The third-order valence-corrected chi connectivity index (χ3v) is 5.64. The minimum atomic E-state index is -0.195. The van der Waals surface area contributed by atoms with Crippen molar-refractivity contribution in [1.82, 2.24) is 24.1 Å². The number of nitrogens with zero attached hydrogens (tertiary/aromatic N) is 5. The smallest absolute Gasteiger partial charge is 0.262 e. The van der Waals surface area contributed by atoms with E-state index in [4.69, 9.17) is 21.1 Å². The quantitative estimate of drug-likeness (QED) is 0.391. The minimum Gasteiger partial charge on any atom is -0.493 e. The molecule has 3 aromatic heterocycles. The van der Waals surface area contributed by atoms with E-state index < -0.39 is 0 Å². The van der Waals surface area contributed by atoms with E-state index >= 15 is 0 Å². The maximum Gasteiger partial charge on any atom is 0.262 e. The van der Waals surface area contributed by atoms with Crippen molar-refractivity contribution in [3.05, 3.63) is 81.5 Å². The van der Waals surface area contributed by atoms with E-state index in [-0.39, 0.29) is 5.56 Å². The molecule has 0 N–H and O–H groups in total. The predicted molar refractivity (Wildman–Crippen MR) is 126 cm³/mol. The zero-order valence-electron chi connectivity index (χ0n) is 18.2. The molecule has 0 bridgehead atoms. The van der Waals surface area contributed by atoms with Gasteiger partial charge >= 0.3 is 0 Å². The van der Waals surface area contributed by atoms with E-state index in [9.17, 15) is 4.79 Å². The number of benzene rings is 2. The second-order valence-electron chi connectivity index (χ2n) is 7.54. The van der Waals surface area contributed by atoms with Crippen LogP contribution < -0.4 is 15.0 Å². The molecule has 33 heavy (non-hydrogen) atoms. The predicted octanol–water partition coefficient (Wildman–Crippen LogP) is 4.13. The van der Waals surface area contributed by atoms with Crippen LogP contribution in [0.1, 0.15) is 11.4 Å². The molecule has 0 fully saturated rings. The Morgan fingerprint density at radius 3 is 2.58 bits per heavy atom. The average molecular weight is 462 g/mol. The lowest BCUT2D eigenvalue weighted by Gasteiger charge is -2.13. The van der Waals surface area contributed by atoms with Crippen LogP contribution in [-0.4, -0.2) is 38.4 Å². The maximum atomic E-state index is 13.7. The zero-order chi connectivity index (χ0) is 23.1. The molecule has 0 aliphatic rings. The molecule has 3 heterocycles. The number of aryl methyl sites for hydroxylation is 1. The molecule has 0 aliphatic heterocycles. The number of methoxy groups -OCH3 is 2. The Morgan fingerprint density at radius 1 is 1.00 bits per heavy atom. The van der Waals surface area contributed by atoms with Crippen LogP contribution in [0.3, 0.4) is 0 Å². The normalized spacial score (nSPS) is 11.3. The zero-order valence-corrected chi connectivity index (χ0v) is 19.0. The SMILES string of the molecule is COc1ccc(Cn2ccc3nc4nc(C)nn4c(-c4cccc(Cl)c4)c3c2=O)cc1OC. The van der Waals surface area contributed by atoms with Gasteiger partial charge in [-0.15, -0.1) is 5.10 Å². The van der Waals surface area contributed by atoms with E-state index in [1.165, 1.54) is 0 Å². The fourth-order valence-electron chi connectivity index (χ4n) is 3.92. The molecule has 2 aromatic carbocycles. The number of rotatable bonds is 5. The van der Waals surface area contributed by atoms with Gasteiger partial charge in [-0.1, -0.05) is 29.8 Å². The molecule has 0 saturated carbocycles. The van der Waals surface area contributed by atoms with Crippen molar-refractivity contribution in [3.8, 4) is 22.8 Å². The van der Waals surface area contributed by atoms with Crippen molar-refractivity contribution in [1.29, 1.82) is 0 Å². The van der Waals surface area contributed by atoms with Crippen LogP contribution in [0.25, 0.3) is 27.9 Å². The average Bonchev–Trinajstić information content (AvgIpc) is 3.19. The Kier molecular flexibility index (Phi) is 5.22. The van der Waals surface area contributed by atoms with Gasteiger partial charge in [0.05, 0.1) is 37.4 Å². The van der Waals surface area contributed by atoms with Crippen LogP contribution >= 0.6 is 11.6 Å². The molecule has 5 rings (SSSR count). The molecule has 166 valence electrons. The van der Waals surface area contributed by atoms with Crippen molar-refractivity contribution in [2.45, 2.75) is 13.5 Å².